The summed E-state index contributed by atoms with van der Waals surface area (Å²) in [6, 6.07) is 57.2. The third-order valence-corrected chi connectivity index (χ3v) is 11.7. The van der Waals surface area contributed by atoms with E-state index in [1.165, 1.54) is 5.39 Å². The topological polar surface area (TPSA) is 8.17 Å². The minimum absolute atomic E-state index is 0.114. The number of hydrogen-bond donors (Lipinski definition) is 0. The number of para-hydroxylation sites is 3. The molecule has 1 heterocycles. The highest BCUT2D eigenvalue weighted by atomic mass is 15.1. The van der Waals surface area contributed by atoms with Gasteiger partial charge in [0.15, 0.2) is 0 Å². The van der Waals surface area contributed by atoms with Crippen molar-refractivity contribution in [3.05, 3.63) is 228 Å². The van der Waals surface area contributed by atoms with E-state index in [-0.39, 0.29) is 41.6 Å². The van der Waals surface area contributed by atoms with Crippen LogP contribution in [0.5, 0.6) is 0 Å². The number of anilines is 3. The lowest BCUT2D eigenvalue weighted by molar-refractivity contribution is 0.773. The predicted molar refractivity (Wildman–Crippen MR) is 229 cm³/mol. The van der Waals surface area contributed by atoms with Gasteiger partial charge in [-0.15, -0.1) is 0 Å². The lowest BCUT2D eigenvalue weighted by Gasteiger charge is -2.40. The van der Waals surface area contributed by atoms with Gasteiger partial charge in [0.2, 0.25) is 0 Å². The molecule has 1 atom stereocenters. The van der Waals surface area contributed by atoms with Gasteiger partial charge in [-0.25, -0.2) is 0 Å². The average Bonchev–Trinajstić information content (AvgIpc) is 3.78. The highest BCUT2D eigenvalue weighted by Gasteiger charge is 2.50. The van der Waals surface area contributed by atoms with Gasteiger partial charge in [-0.1, -0.05) is 152 Å². The highest BCUT2D eigenvalue weighted by molar-refractivity contribution is 6.11. The summed E-state index contributed by atoms with van der Waals surface area (Å²) in [7, 11) is 0. The van der Waals surface area contributed by atoms with Crippen LogP contribution < -0.4 is 4.90 Å². The number of nitrogens with zero attached hydrogens (tertiary/aromatic N) is 2. The van der Waals surface area contributed by atoms with Crippen molar-refractivity contribution in [3.8, 4) is 27.9 Å². The molecule has 2 aliphatic rings. The Morgan fingerprint density at radius 2 is 1.02 bits per heavy atom. The second kappa shape index (κ2) is 11.4. The van der Waals surface area contributed by atoms with Crippen LogP contribution in [0.3, 0.4) is 0 Å². The molecule has 0 saturated carbocycles. The van der Waals surface area contributed by atoms with Gasteiger partial charge in [-0.2, -0.15) is 0 Å². The Labute approximate surface area is 328 Å². The van der Waals surface area contributed by atoms with E-state index in [1.807, 2.05) is 60.7 Å². The third-order valence-electron chi connectivity index (χ3n) is 11.7. The van der Waals surface area contributed by atoms with Gasteiger partial charge in [0.25, 0.3) is 0 Å². The Balaban J connectivity index is 1.19. The molecule has 55 heavy (non-hydrogen) atoms. The minimum Gasteiger partial charge on any atom is -0.310 e. The minimum atomic E-state index is -1.15. The molecule has 0 amide bonds. The molecule has 0 radical (unpaired) electrons. The van der Waals surface area contributed by atoms with Crippen molar-refractivity contribution in [1.29, 1.82) is 0 Å². The molecule has 0 saturated heterocycles. The van der Waals surface area contributed by atoms with Crippen LogP contribution in [-0.4, -0.2) is 4.57 Å². The van der Waals surface area contributed by atoms with E-state index < -0.39 is 5.41 Å². The first-order valence-corrected chi connectivity index (χ1v) is 18.6. The lowest BCUT2D eigenvalue weighted by atomic mass is 9.61. The maximum atomic E-state index is 9.79. The number of fused-ring (bicyclic) bond motifs is 12. The van der Waals surface area contributed by atoms with Crippen molar-refractivity contribution in [2.24, 2.45) is 0 Å². The van der Waals surface area contributed by atoms with Gasteiger partial charge in [0.1, 0.15) is 0 Å². The van der Waals surface area contributed by atoms with Crippen LogP contribution >= 0.6 is 0 Å². The first kappa shape index (κ1) is 25.0. The summed E-state index contributed by atoms with van der Waals surface area (Å²) in [5.74, 6) is 0. The molecule has 0 bridgehead atoms. The first-order valence-electron chi connectivity index (χ1n) is 21.6. The fourth-order valence-corrected chi connectivity index (χ4v) is 9.56. The van der Waals surface area contributed by atoms with Gasteiger partial charge < -0.3 is 9.47 Å². The molecule has 0 aliphatic heterocycles. The zero-order valence-corrected chi connectivity index (χ0v) is 29.6. The number of benzene rings is 9. The van der Waals surface area contributed by atoms with Gasteiger partial charge in [0.05, 0.1) is 24.7 Å². The largest absolute Gasteiger partial charge is 0.310 e. The van der Waals surface area contributed by atoms with Crippen LogP contribution in [0, 0.1) is 0 Å². The predicted octanol–water partition coefficient (Wildman–Crippen LogP) is 13.8. The average molecular weight is 705 g/mol. The third kappa shape index (κ3) is 4.08. The molecule has 10 aromatic rings. The number of rotatable bonds is 4. The molecule has 2 nitrogen and oxygen atoms in total. The SMILES string of the molecule is [2H]c1c([2H])c2c3c(c([2H])c([2H])c([2H])c3c1[2H])C1(c3ccccc3-c3ccc(N(c4ccccc4)c4ccc5c6ccccc6n(-c6ccccc6)c5c4)cc31)c1ccccc1-2. The molecular formula is C53H34N2. The summed E-state index contributed by atoms with van der Waals surface area (Å²) >= 11 is 0. The number of hydrogen-bond acceptors (Lipinski definition) is 1. The van der Waals surface area contributed by atoms with Crippen molar-refractivity contribution >= 4 is 49.6 Å². The normalized spacial score (nSPS) is 16.5. The van der Waals surface area contributed by atoms with Crippen molar-refractivity contribution < 1.29 is 8.22 Å². The second-order valence-corrected chi connectivity index (χ2v) is 14.4. The molecule has 2 heteroatoms. The van der Waals surface area contributed by atoms with E-state index in [4.69, 9.17) is 4.11 Å². The van der Waals surface area contributed by atoms with Crippen LogP contribution in [0.1, 0.15) is 30.5 Å². The summed E-state index contributed by atoms with van der Waals surface area (Å²) < 4.78 is 57.7. The van der Waals surface area contributed by atoms with Crippen LogP contribution in [-0.2, 0) is 5.41 Å². The molecule has 1 aromatic heterocycles. The summed E-state index contributed by atoms with van der Waals surface area (Å²) in [6.07, 6.45) is 0. The Bertz CT molecular complexity index is 3500. The summed E-state index contributed by atoms with van der Waals surface area (Å²) in [5.41, 5.74) is 11.2. The molecular weight excluding hydrogens is 665 g/mol. The van der Waals surface area contributed by atoms with E-state index in [0.717, 1.165) is 72.5 Å². The monoisotopic (exact) mass is 704 g/mol. The van der Waals surface area contributed by atoms with Gasteiger partial charge >= 0.3 is 0 Å². The standard InChI is InChI=1S/C53H34N2/c1-3-17-36(18-4-1)54(39-30-32-44-43-23-9-12-28-50(43)55(51(44)34-39)37-19-5-2-6-20-37)38-29-31-42-40-21-7-10-25-46(40)53(49(42)33-38)47-26-11-8-22-41(47)45-24-13-15-35-16-14-27-48(53)52(35)45/h1-34H/i13D,14D,15D,16D,24D,27D. The smallest absolute Gasteiger partial charge is 0.0726 e. The Morgan fingerprint density at radius 3 is 1.82 bits per heavy atom. The Morgan fingerprint density at radius 1 is 0.418 bits per heavy atom. The van der Waals surface area contributed by atoms with Crippen LogP contribution in [0.15, 0.2) is 206 Å². The maximum Gasteiger partial charge on any atom is 0.0726 e. The van der Waals surface area contributed by atoms with E-state index in [9.17, 15) is 4.11 Å². The molecule has 256 valence electrons. The fourth-order valence-electron chi connectivity index (χ4n) is 9.56. The van der Waals surface area contributed by atoms with Crippen molar-refractivity contribution in [2.45, 2.75) is 5.41 Å². The van der Waals surface area contributed by atoms with Crippen molar-refractivity contribution in [1.82, 2.24) is 4.57 Å². The Kier molecular flexibility index (Phi) is 5.18. The summed E-state index contributed by atoms with van der Waals surface area (Å²) in [5, 5.41) is 2.88. The molecule has 2 aliphatic carbocycles. The molecule has 9 aromatic carbocycles. The van der Waals surface area contributed by atoms with E-state index in [0.29, 0.717) is 16.5 Å². The molecule has 1 unspecified atom stereocenters. The Hall–Kier alpha value is -7.16. The molecule has 1 spiro atoms. The second-order valence-electron chi connectivity index (χ2n) is 14.4. The summed E-state index contributed by atoms with van der Waals surface area (Å²) in [4.78, 5) is 2.27. The van der Waals surface area contributed by atoms with E-state index in [1.54, 1.807) is 0 Å². The number of aromatic nitrogens is 1. The zero-order valence-electron chi connectivity index (χ0n) is 35.6. The quantitative estimate of drug-likeness (QED) is 0.177. The lowest BCUT2D eigenvalue weighted by Crippen LogP contribution is -2.32. The molecule has 0 fully saturated rings. The van der Waals surface area contributed by atoms with Gasteiger partial charge in [0, 0.05) is 33.5 Å². The molecule has 0 N–H and O–H groups in total. The zero-order chi connectivity index (χ0) is 41.3. The van der Waals surface area contributed by atoms with Gasteiger partial charge in [-0.3, -0.25) is 0 Å². The van der Waals surface area contributed by atoms with E-state index >= 15 is 0 Å². The maximum absolute atomic E-state index is 9.79. The summed E-state index contributed by atoms with van der Waals surface area (Å²) in [6.45, 7) is 0. The fraction of sp³-hybridized carbons (Fsp3) is 0.0189. The van der Waals surface area contributed by atoms with Crippen molar-refractivity contribution in [3.63, 3.8) is 0 Å². The van der Waals surface area contributed by atoms with Crippen molar-refractivity contribution in [2.75, 3.05) is 4.90 Å². The van der Waals surface area contributed by atoms with E-state index in [2.05, 4.69) is 119 Å². The van der Waals surface area contributed by atoms with Crippen LogP contribution in [0.4, 0.5) is 17.1 Å². The van der Waals surface area contributed by atoms with Crippen LogP contribution in [0.2, 0.25) is 0 Å². The molecule has 12 rings (SSSR count). The highest BCUT2D eigenvalue weighted by Crippen LogP contribution is 2.62. The first-order chi connectivity index (χ1) is 29.8. The van der Waals surface area contributed by atoms with Crippen LogP contribution in [0.25, 0.3) is 60.5 Å². The van der Waals surface area contributed by atoms with Gasteiger partial charge in [-0.05, 0) is 110 Å².